The van der Waals surface area contributed by atoms with E-state index in [1.807, 2.05) is 12.1 Å². The van der Waals surface area contributed by atoms with Crippen LogP contribution in [-0.2, 0) is 19.2 Å². The van der Waals surface area contributed by atoms with Crippen molar-refractivity contribution in [1.82, 2.24) is 0 Å². The molecule has 2 bridgehead atoms. The lowest BCUT2D eigenvalue weighted by Gasteiger charge is -2.34. The number of imide groups is 1. The Morgan fingerprint density at radius 2 is 1.49 bits per heavy atom. The van der Waals surface area contributed by atoms with Gasteiger partial charge in [-0.3, -0.25) is 19.2 Å². The number of alkyl halides is 4. The Bertz CT molecular complexity index is 1550. The van der Waals surface area contributed by atoms with E-state index in [4.69, 9.17) is 74.3 Å². The number of anilines is 2. The predicted octanol–water partition coefficient (Wildman–Crippen LogP) is 6.67. The minimum absolute atomic E-state index is 0.00760. The fourth-order valence-electron chi connectivity index (χ4n) is 6.11. The molecule has 6 rings (SSSR count). The standard InChI is InChI=1S/C27H17BrCl6N2O5/c1-11-8-15(41-24(40)12-9-17(37)35(10-12)14-4-2-13(28)3-5-14)6-7-16(11)36-22(38)18-19(23(36)39)26(32)21(30)20(29)25(18,31)27(26,33)34/h2-8,12,18-19H,9-10H2,1H3/t12-,18-,19-,25-,26-/m1/s1. The van der Waals surface area contributed by atoms with E-state index in [0.29, 0.717) is 11.3 Å². The molecule has 2 aromatic carbocycles. The molecule has 3 amide bonds. The van der Waals surface area contributed by atoms with Crippen LogP contribution in [0, 0.1) is 24.7 Å². The van der Waals surface area contributed by atoms with Gasteiger partial charge in [-0.15, -0.1) is 23.2 Å². The van der Waals surface area contributed by atoms with Gasteiger partial charge in [-0.1, -0.05) is 62.3 Å². The van der Waals surface area contributed by atoms with Gasteiger partial charge in [-0.05, 0) is 55.0 Å². The molecule has 0 radical (unpaired) electrons. The Labute approximate surface area is 272 Å². The number of fused-ring (bicyclic) bond motifs is 5. The van der Waals surface area contributed by atoms with Gasteiger partial charge >= 0.3 is 5.97 Å². The molecule has 4 aliphatic rings. The summed E-state index contributed by atoms with van der Waals surface area (Å²) in [6.07, 6.45) is 0.00760. The van der Waals surface area contributed by atoms with Gasteiger partial charge in [0.1, 0.15) is 15.5 Å². The van der Waals surface area contributed by atoms with E-state index in [-0.39, 0.29) is 40.4 Å². The zero-order valence-corrected chi connectivity index (χ0v) is 26.9. The topological polar surface area (TPSA) is 84.0 Å². The second kappa shape index (κ2) is 9.74. The van der Waals surface area contributed by atoms with Crippen LogP contribution in [0.15, 0.2) is 57.0 Å². The number of hydrogen-bond acceptors (Lipinski definition) is 5. The first kappa shape index (κ1) is 29.5. The van der Waals surface area contributed by atoms with E-state index in [1.165, 1.54) is 18.2 Å². The predicted molar refractivity (Wildman–Crippen MR) is 161 cm³/mol. The maximum absolute atomic E-state index is 13.7. The van der Waals surface area contributed by atoms with Gasteiger partial charge in [-0.25, -0.2) is 4.90 Å². The highest BCUT2D eigenvalue weighted by molar-refractivity contribution is 9.10. The molecular weight excluding hydrogens is 725 g/mol. The Hall–Kier alpha value is -1.52. The van der Waals surface area contributed by atoms with Crippen molar-refractivity contribution in [3.8, 4) is 5.75 Å². The summed E-state index contributed by atoms with van der Waals surface area (Å²) in [7, 11) is 0. The Morgan fingerprint density at radius 1 is 0.927 bits per heavy atom. The summed E-state index contributed by atoms with van der Waals surface area (Å²) < 4.78 is 4.42. The third-order valence-electron chi connectivity index (χ3n) is 8.13. The van der Waals surface area contributed by atoms with Crippen molar-refractivity contribution in [1.29, 1.82) is 0 Å². The molecule has 2 aliphatic carbocycles. The first-order valence-corrected chi connectivity index (χ1v) is 15.3. The van der Waals surface area contributed by atoms with Gasteiger partial charge < -0.3 is 9.64 Å². The van der Waals surface area contributed by atoms with Crippen LogP contribution < -0.4 is 14.5 Å². The highest BCUT2D eigenvalue weighted by Crippen LogP contribution is 2.77. The first-order valence-electron chi connectivity index (χ1n) is 12.2. The van der Waals surface area contributed by atoms with E-state index in [2.05, 4.69) is 15.9 Å². The average molecular weight is 742 g/mol. The van der Waals surface area contributed by atoms with Crippen LogP contribution in [0.4, 0.5) is 11.4 Å². The molecule has 3 fully saturated rings. The van der Waals surface area contributed by atoms with Crippen molar-refractivity contribution in [3.63, 3.8) is 0 Å². The molecule has 0 unspecified atom stereocenters. The Morgan fingerprint density at radius 3 is 2.02 bits per heavy atom. The van der Waals surface area contributed by atoms with E-state index in [1.54, 1.807) is 24.0 Å². The number of amides is 3. The largest absolute Gasteiger partial charge is 0.426 e. The van der Waals surface area contributed by atoms with Crippen molar-refractivity contribution >= 4 is 121 Å². The maximum atomic E-state index is 13.7. The molecule has 214 valence electrons. The number of esters is 1. The molecular formula is C27H17BrCl6N2O5. The zero-order valence-electron chi connectivity index (χ0n) is 20.8. The third kappa shape index (κ3) is 3.84. The number of allylic oxidation sites excluding steroid dienone is 2. The summed E-state index contributed by atoms with van der Waals surface area (Å²) in [6, 6.07) is 11.6. The van der Waals surface area contributed by atoms with E-state index < -0.39 is 49.6 Å². The number of rotatable bonds is 4. The molecule has 2 aromatic rings. The lowest BCUT2D eigenvalue weighted by atomic mass is 9.84. The Kier molecular flexibility index (Phi) is 7.02. The van der Waals surface area contributed by atoms with E-state index >= 15 is 0 Å². The summed E-state index contributed by atoms with van der Waals surface area (Å²) in [6.45, 7) is 1.82. The van der Waals surface area contributed by atoms with Crippen LogP contribution in [0.2, 0.25) is 0 Å². The van der Waals surface area contributed by atoms with Crippen LogP contribution in [0.1, 0.15) is 12.0 Å². The third-order valence-corrected chi connectivity index (χ3v) is 12.9. The normalized spacial score (nSPS) is 31.9. The number of nitrogens with zero attached hydrogens (tertiary/aromatic N) is 2. The second-order valence-electron chi connectivity index (χ2n) is 10.3. The highest BCUT2D eigenvalue weighted by atomic mass is 79.9. The van der Waals surface area contributed by atoms with Crippen LogP contribution >= 0.6 is 85.5 Å². The average Bonchev–Trinajstić information content (AvgIpc) is 3.50. The fourth-order valence-corrected chi connectivity index (χ4v) is 9.30. The lowest BCUT2D eigenvalue weighted by Crippen LogP contribution is -2.50. The van der Waals surface area contributed by atoms with Crippen molar-refractivity contribution in [2.45, 2.75) is 27.4 Å². The molecule has 0 aromatic heterocycles. The summed E-state index contributed by atoms with van der Waals surface area (Å²) >= 11 is 42.7. The number of carbonyl (C=O) groups excluding carboxylic acids is 4. The number of hydrogen-bond donors (Lipinski definition) is 0. The molecule has 7 nitrogen and oxygen atoms in total. The molecule has 2 aliphatic heterocycles. The number of halogens is 7. The van der Waals surface area contributed by atoms with Crippen molar-refractivity contribution in [2.75, 3.05) is 16.3 Å². The summed E-state index contributed by atoms with van der Waals surface area (Å²) in [5.41, 5.74) is 1.36. The number of ether oxygens (including phenoxy) is 1. The fraction of sp³-hybridized carbons (Fsp3) is 0.333. The minimum atomic E-state index is -2.02. The zero-order chi connectivity index (χ0) is 29.8. The highest BCUT2D eigenvalue weighted by Gasteiger charge is 2.87. The number of carbonyl (C=O) groups is 4. The quantitative estimate of drug-likeness (QED) is 0.152. The van der Waals surface area contributed by atoms with Gasteiger partial charge in [0.15, 0.2) is 4.33 Å². The van der Waals surface area contributed by atoms with Crippen LogP contribution in [-0.4, -0.2) is 44.3 Å². The maximum Gasteiger partial charge on any atom is 0.316 e. The Balaban J connectivity index is 1.21. The molecule has 41 heavy (non-hydrogen) atoms. The number of benzene rings is 2. The van der Waals surface area contributed by atoms with E-state index in [0.717, 1.165) is 9.37 Å². The van der Waals surface area contributed by atoms with Crippen LogP contribution in [0.25, 0.3) is 0 Å². The lowest BCUT2D eigenvalue weighted by molar-refractivity contribution is -0.139. The van der Waals surface area contributed by atoms with Crippen molar-refractivity contribution in [3.05, 3.63) is 62.6 Å². The summed E-state index contributed by atoms with van der Waals surface area (Å²) in [5.74, 6) is -5.14. The monoisotopic (exact) mass is 738 g/mol. The molecule has 5 atom stereocenters. The van der Waals surface area contributed by atoms with Crippen LogP contribution in [0.3, 0.4) is 0 Å². The molecule has 2 heterocycles. The first-order chi connectivity index (χ1) is 19.2. The molecule has 0 N–H and O–H groups in total. The van der Waals surface area contributed by atoms with Gasteiger partial charge in [0.25, 0.3) is 0 Å². The SMILES string of the molecule is Cc1cc(OC(=O)[C@@H]2CC(=O)N(c3ccc(Br)cc3)C2)ccc1N1C(=O)[C@H]2[C@H](C1=O)[C@@]1(Cl)C(Cl)=C(Cl)[C@@]2(Cl)C1(Cl)Cl. The van der Waals surface area contributed by atoms with Gasteiger partial charge in [0, 0.05) is 23.1 Å². The summed E-state index contributed by atoms with van der Waals surface area (Å²) in [5, 5.41) is -0.346. The molecule has 1 saturated carbocycles. The minimum Gasteiger partial charge on any atom is -0.426 e. The van der Waals surface area contributed by atoms with Crippen molar-refractivity contribution < 1.29 is 23.9 Å². The molecule has 2 saturated heterocycles. The molecule has 0 spiro atoms. The molecule has 14 heteroatoms. The van der Waals surface area contributed by atoms with E-state index in [9.17, 15) is 19.2 Å². The van der Waals surface area contributed by atoms with Crippen LogP contribution in [0.5, 0.6) is 5.75 Å². The van der Waals surface area contributed by atoms with Crippen molar-refractivity contribution in [2.24, 2.45) is 17.8 Å². The van der Waals surface area contributed by atoms with Gasteiger partial charge in [0.05, 0.1) is 33.5 Å². The summed E-state index contributed by atoms with van der Waals surface area (Å²) in [4.78, 5) is 51.5. The van der Waals surface area contributed by atoms with Gasteiger partial charge in [-0.2, -0.15) is 0 Å². The smallest absolute Gasteiger partial charge is 0.316 e. The number of aryl methyl sites for hydroxylation is 1. The second-order valence-corrected chi connectivity index (χ2v) is 14.5. The van der Waals surface area contributed by atoms with Gasteiger partial charge in [0.2, 0.25) is 17.7 Å².